The minimum Gasteiger partial charge on any atom is -0.506 e. The van der Waals surface area contributed by atoms with Crippen molar-refractivity contribution in [1.29, 1.82) is 0 Å². The number of para-hydroxylation sites is 1. The van der Waals surface area contributed by atoms with Gasteiger partial charge in [-0.1, -0.05) is 18.2 Å². The first-order valence-corrected chi connectivity index (χ1v) is 6.39. The second kappa shape index (κ2) is 4.86. The highest BCUT2D eigenvalue weighted by Gasteiger charge is 2.20. The molecule has 2 aromatic heterocycles. The Balaban J connectivity index is 2.55. The van der Waals surface area contributed by atoms with Crippen LogP contribution in [-0.4, -0.2) is 20.4 Å². The third kappa shape index (κ3) is 1.99. The Morgan fingerprint density at radius 3 is 2.57 bits per heavy atom. The molecule has 0 bridgehead atoms. The van der Waals surface area contributed by atoms with Crippen LogP contribution >= 0.6 is 0 Å². The molecule has 0 aliphatic heterocycles. The molecule has 1 aromatic carbocycles. The number of carbonyl (C=O) groups is 1. The molecule has 3 rings (SSSR count). The number of fused-ring (bicyclic) bond motifs is 1. The molecule has 21 heavy (non-hydrogen) atoms. The van der Waals surface area contributed by atoms with Gasteiger partial charge in [-0.25, -0.2) is 0 Å². The van der Waals surface area contributed by atoms with E-state index in [-0.39, 0.29) is 11.3 Å². The third-order valence-corrected chi connectivity index (χ3v) is 3.32. The molecule has 5 heteroatoms. The molecule has 0 unspecified atom stereocenters. The van der Waals surface area contributed by atoms with Gasteiger partial charge < -0.3 is 5.11 Å². The van der Waals surface area contributed by atoms with Gasteiger partial charge in [-0.2, -0.15) is 0 Å². The van der Waals surface area contributed by atoms with Crippen molar-refractivity contribution in [2.45, 2.75) is 6.92 Å². The number of pyridine rings is 2. The van der Waals surface area contributed by atoms with Crippen LogP contribution in [0, 0.1) is 0 Å². The van der Waals surface area contributed by atoms with Gasteiger partial charge >= 0.3 is 0 Å². The zero-order valence-electron chi connectivity index (χ0n) is 11.3. The number of ketones is 1. The minimum absolute atomic E-state index is 0.211. The molecule has 5 nitrogen and oxygen atoms in total. The number of hydrogen-bond acceptors (Lipinski definition) is 4. The number of rotatable bonds is 2. The highest BCUT2D eigenvalue weighted by molar-refractivity contribution is 6.02. The fourth-order valence-corrected chi connectivity index (χ4v) is 2.37. The van der Waals surface area contributed by atoms with Crippen molar-refractivity contribution in [2.75, 3.05) is 0 Å². The molecular weight excluding hydrogens is 268 g/mol. The van der Waals surface area contributed by atoms with Crippen LogP contribution in [0.25, 0.3) is 16.6 Å². The van der Waals surface area contributed by atoms with Gasteiger partial charge in [-0.05, 0) is 25.1 Å². The van der Waals surface area contributed by atoms with E-state index < -0.39 is 11.3 Å². The number of hydrogen-bond donors (Lipinski definition) is 1. The second-order valence-electron chi connectivity index (χ2n) is 4.65. The van der Waals surface area contributed by atoms with Gasteiger partial charge in [0, 0.05) is 17.3 Å². The van der Waals surface area contributed by atoms with Crippen LogP contribution in [0.3, 0.4) is 0 Å². The Labute approximate surface area is 120 Å². The van der Waals surface area contributed by atoms with Gasteiger partial charge in [-0.15, -0.1) is 0 Å². The highest BCUT2D eigenvalue weighted by atomic mass is 16.3. The van der Waals surface area contributed by atoms with Crippen molar-refractivity contribution >= 4 is 16.7 Å². The van der Waals surface area contributed by atoms with E-state index in [0.29, 0.717) is 16.6 Å². The molecule has 0 aliphatic rings. The van der Waals surface area contributed by atoms with Gasteiger partial charge in [0.05, 0.1) is 11.7 Å². The van der Waals surface area contributed by atoms with Crippen LogP contribution in [0.1, 0.15) is 17.3 Å². The van der Waals surface area contributed by atoms with Crippen LogP contribution in [-0.2, 0) is 0 Å². The summed E-state index contributed by atoms with van der Waals surface area (Å²) in [6.45, 7) is 1.26. The van der Waals surface area contributed by atoms with E-state index >= 15 is 0 Å². The fraction of sp³-hybridized carbons (Fsp3) is 0.0625. The summed E-state index contributed by atoms with van der Waals surface area (Å²) in [4.78, 5) is 28.3. The van der Waals surface area contributed by atoms with Crippen molar-refractivity contribution < 1.29 is 9.90 Å². The van der Waals surface area contributed by atoms with Gasteiger partial charge in [0.2, 0.25) is 0 Å². The molecule has 0 aliphatic carbocycles. The van der Waals surface area contributed by atoms with Crippen LogP contribution < -0.4 is 5.56 Å². The molecule has 0 saturated carbocycles. The quantitative estimate of drug-likeness (QED) is 0.731. The lowest BCUT2D eigenvalue weighted by atomic mass is 10.1. The van der Waals surface area contributed by atoms with E-state index in [1.54, 1.807) is 30.3 Å². The second-order valence-corrected chi connectivity index (χ2v) is 4.65. The lowest BCUT2D eigenvalue weighted by molar-refractivity contribution is 0.101. The smallest absolute Gasteiger partial charge is 0.270 e. The van der Waals surface area contributed by atoms with Crippen LogP contribution in [0.4, 0.5) is 0 Å². The largest absolute Gasteiger partial charge is 0.506 e. The Bertz CT molecular complexity index is 899. The summed E-state index contributed by atoms with van der Waals surface area (Å²) < 4.78 is 1.39. The average molecular weight is 280 g/mol. The summed E-state index contributed by atoms with van der Waals surface area (Å²) in [7, 11) is 0. The van der Waals surface area contributed by atoms with Crippen molar-refractivity contribution in [1.82, 2.24) is 9.55 Å². The van der Waals surface area contributed by atoms with Gasteiger partial charge in [0.1, 0.15) is 11.3 Å². The van der Waals surface area contributed by atoms with Crippen LogP contribution in [0.2, 0.25) is 0 Å². The summed E-state index contributed by atoms with van der Waals surface area (Å²) in [5.41, 5.74) is 0.309. The van der Waals surface area contributed by atoms with Crippen molar-refractivity contribution in [3.8, 4) is 11.4 Å². The van der Waals surface area contributed by atoms with E-state index in [2.05, 4.69) is 4.98 Å². The first kappa shape index (κ1) is 13.1. The lowest BCUT2D eigenvalue weighted by Crippen LogP contribution is -2.25. The molecule has 0 spiro atoms. The standard InChI is InChI=1S/C16H12N2O3/c1-10(19)14-15(20)12-7-8-17-9-13(12)18(16(14)21)11-5-3-2-4-6-11/h2-9,20H,1H3. The Morgan fingerprint density at radius 2 is 1.90 bits per heavy atom. The third-order valence-electron chi connectivity index (χ3n) is 3.32. The van der Waals surface area contributed by atoms with E-state index in [0.717, 1.165) is 0 Å². The van der Waals surface area contributed by atoms with Gasteiger partial charge in [0.25, 0.3) is 5.56 Å². The summed E-state index contributed by atoms with van der Waals surface area (Å²) in [5.74, 6) is -0.766. The normalized spacial score (nSPS) is 10.7. The topological polar surface area (TPSA) is 72.2 Å². The summed E-state index contributed by atoms with van der Waals surface area (Å²) >= 11 is 0. The average Bonchev–Trinajstić information content (AvgIpc) is 2.48. The van der Waals surface area contributed by atoms with Crippen LogP contribution in [0.15, 0.2) is 53.6 Å². The molecule has 1 N–H and O–H groups in total. The maximum Gasteiger partial charge on any atom is 0.270 e. The number of aromatic hydroxyl groups is 1. The van der Waals surface area contributed by atoms with E-state index in [1.807, 2.05) is 6.07 Å². The molecule has 0 saturated heterocycles. The minimum atomic E-state index is -0.549. The molecule has 0 atom stereocenters. The van der Waals surface area contributed by atoms with Crippen molar-refractivity contribution in [3.63, 3.8) is 0 Å². The maximum absolute atomic E-state index is 12.6. The molecule has 3 aromatic rings. The van der Waals surface area contributed by atoms with E-state index in [4.69, 9.17) is 0 Å². The predicted octanol–water partition coefficient (Wildman–Crippen LogP) is 2.29. The van der Waals surface area contributed by atoms with Gasteiger partial charge in [0.15, 0.2) is 5.78 Å². The summed E-state index contributed by atoms with van der Waals surface area (Å²) in [5, 5.41) is 10.6. The molecular formula is C16H12N2O3. The maximum atomic E-state index is 12.6. The number of Topliss-reactive ketones (excluding diaryl/α,β-unsaturated/α-hetero) is 1. The van der Waals surface area contributed by atoms with Crippen LogP contribution in [0.5, 0.6) is 5.75 Å². The Hall–Kier alpha value is -2.95. The molecule has 2 heterocycles. The molecule has 104 valence electrons. The lowest BCUT2D eigenvalue weighted by Gasteiger charge is -2.13. The summed E-state index contributed by atoms with van der Waals surface area (Å²) in [6.07, 6.45) is 3.00. The molecule has 0 amide bonds. The van der Waals surface area contributed by atoms with Crippen molar-refractivity contribution in [2.24, 2.45) is 0 Å². The Morgan fingerprint density at radius 1 is 1.19 bits per heavy atom. The zero-order valence-corrected chi connectivity index (χ0v) is 11.3. The SMILES string of the molecule is CC(=O)c1c(O)c2ccncc2n(-c2ccccc2)c1=O. The molecule has 0 fully saturated rings. The summed E-state index contributed by atoms with van der Waals surface area (Å²) in [6, 6.07) is 10.5. The monoisotopic (exact) mass is 280 g/mol. The molecule has 0 radical (unpaired) electrons. The number of carbonyl (C=O) groups excluding carboxylic acids is 1. The van der Waals surface area contributed by atoms with Crippen molar-refractivity contribution in [3.05, 3.63) is 64.7 Å². The van der Waals surface area contributed by atoms with E-state index in [9.17, 15) is 14.7 Å². The Kier molecular flexibility index (Phi) is 3.02. The number of benzene rings is 1. The first-order chi connectivity index (χ1) is 10.1. The van der Waals surface area contributed by atoms with E-state index in [1.165, 1.54) is 23.9 Å². The fourth-order valence-electron chi connectivity index (χ4n) is 2.37. The highest BCUT2D eigenvalue weighted by Crippen LogP contribution is 2.27. The predicted molar refractivity (Wildman–Crippen MR) is 79.0 cm³/mol. The zero-order chi connectivity index (χ0) is 15.0. The van der Waals surface area contributed by atoms with Gasteiger partial charge in [-0.3, -0.25) is 19.1 Å². The first-order valence-electron chi connectivity index (χ1n) is 6.39. The number of aromatic nitrogens is 2. The number of nitrogens with zero attached hydrogens (tertiary/aromatic N) is 2.